The van der Waals surface area contributed by atoms with E-state index in [1.807, 2.05) is 30.3 Å². The Morgan fingerprint density at radius 3 is 2.73 bits per heavy atom. The molecule has 2 aliphatic heterocycles. The van der Waals surface area contributed by atoms with Crippen molar-refractivity contribution in [2.75, 3.05) is 19.7 Å². The summed E-state index contributed by atoms with van der Waals surface area (Å²) in [5, 5.41) is 4.43. The maximum atomic E-state index is 13.2. The van der Waals surface area contributed by atoms with E-state index in [0.717, 1.165) is 16.8 Å². The molecule has 1 aromatic heterocycles. The Balaban J connectivity index is 1.45. The number of carbonyl (C=O) groups excluding carboxylic acids is 3. The highest BCUT2D eigenvalue weighted by molar-refractivity contribution is 5.91. The molecule has 1 atom stereocenters. The number of carbonyl (C=O) groups is 3. The number of fused-ring (bicyclic) bond motifs is 1. The van der Waals surface area contributed by atoms with Gasteiger partial charge in [-0.2, -0.15) is 5.10 Å². The van der Waals surface area contributed by atoms with Gasteiger partial charge in [-0.25, -0.2) is 4.79 Å². The number of esters is 1. The second kappa shape index (κ2) is 8.30. The number of benzene rings is 1. The van der Waals surface area contributed by atoms with Crippen LogP contribution in [0.1, 0.15) is 40.7 Å². The van der Waals surface area contributed by atoms with Crippen molar-refractivity contribution in [3.8, 4) is 0 Å². The van der Waals surface area contributed by atoms with E-state index in [9.17, 15) is 14.4 Å². The molecule has 0 aliphatic carbocycles. The molecule has 158 valence electrons. The topological polar surface area (TPSA) is 84.7 Å². The third-order valence-electron chi connectivity index (χ3n) is 5.76. The van der Waals surface area contributed by atoms with Crippen molar-refractivity contribution in [1.29, 1.82) is 0 Å². The summed E-state index contributed by atoms with van der Waals surface area (Å²) >= 11 is 0. The lowest BCUT2D eigenvalue weighted by atomic mass is 10.0. The minimum atomic E-state index is -0.423. The molecule has 0 saturated carbocycles. The lowest BCUT2D eigenvalue weighted by Crippen LogP contribution is -2.40. The first kappa shape index (κ1) is 20.1. The fourth-order valence-corrected chi connectivity index (χ4v) is 4.30. The van der Waals surface area contributed by atoms with Crippen LogP contribution in [-0.2, 0) is 40.9 Å². The van der Waals surface area contributed by atoms with Gasteiger partial charge in [0.2, 0.25) is 11.8 Å². The average Bonchev–Trinajstić information content (AvgIpc) is 3.26. The number of rotatable bonds is 5. The summed E-state index contributed by atoms with van der Waals surface area (Å²) in [5.41, 5.74) is 3.03. The molecule has 0 bridgehead atoms. The van der Waals surface area contributed by atoms with Crippen LogP contribution in [0.2, 0.25) is 0 Å². The zero-order valence-corrected chi connectivity index (χ0v) is 17.3. The van der Waals surface area contributed by atoms with Gasteiger partial charge in [0, 0.05) is 51.6 Å². The van der Waals surface area contributed by atoms with Crippen LogP contribution >= 0.6 is 0 Å². The number of hydrogen-bond acceptors (Lipinski definition) is 5. The lowest BCUT2D eigenvalue weighted by Gasteiger charge is -2.29. The Labute approximate surface area is 175 Å². The van der Waals surface area contributed by atoms with E-state index >= 15 is 0 Å². The molecule has 0 radical (unpaired) electrons. The largest absolute Gasteiger partial charge is 0.461 e. The molecular weight excluding hydrogens is 384 g/mol. The molecule has 8 heteroatoms. The molecule has 2 aromatic rings. The Morgan fingerprint density at radius 1 is 1.23 bits per heavy atom. The van der Waals surface area contributed by atoms with Crippen LogP contribution < -0.4 is 0 Å². The van der Waals surface area contributed by atoms with Crippen LogP contribution in [0.15, 0.2) is 30.3 Å². The highest BCUT2D eigenvalue weighted by Crippen LogP contribution is 2.27. The Hall–Kier alpha value is -3.16. The number of ether oxygens (including phenoxy) is 1. The minimum Gasteiger partial charge on any atom is -0.461 e. The van der Waals surface area contributed by atoms with Gasteiger partial charge >= 0.3 is 5.97 Å². The first-order valence-electron chi connectivity index (χ1n) is 10.3. The molecule has 4 rings (SSSR count). The summed E-state index contributed by atoms with van der Waals surface area (Å²) in [6, 6.07) is 9.79. The van der Waals surface area contributed by atoms with Gasteiger partial charge in [0.25, 0.3) is 0 Å². The van der Waals surface area contributed by atoms with Crippen LogP contribution in [0.3, 0.4) is 0 Å². The van der Waals surface area contributed by atoms with E-state index in [-0.39, 0.29) is 30.8 Å². The van der Waals surface area contributed by atoms with Gasteiger partial charge < -0.3 is 14.5 Å². The molecule has 2 aliphatic rings. The third-order valence-corrected chi connectivity index (χ3v) is 5.76. The van der Waals surface area contributed by atoms with E-state index in [1.54, 1.807) is 23.8 Å². The van der Waals surface area contributed by atoms with Gasteiger partial charge in [-0.15, -0.1) is 0 Å². The molecular formula is C22H26N4O4. The van der Waals surface area contributed by atoms with Crippen molar-refractivity contribution in [3.63, 3.8) is 0 Å². The van der Waals surface area contributed by atoms with E-state index in [4.69, 9.17) is 4.74 Å². The normalized spacial score (nSPS) is 18.5. The molecule has 2 amide bonds. The summed E-state index contributed by atoms with van der Waals surface area (Å²) in [6.07, 6.45) is 0.815. The van der Waals surface area contributed by atoms with Gasteiger partial charge in [-0.3, -0.25) is 14.3 Å². The first-order chi connectivity index (χ1) is 14.5. The van der Waals surface area contributed by atoms with Crippen LogP contribution in [0, 0.1) is 5.92 Å². The third kappa shape index (κ3) is 3.81. The number of aromatic nitrogens is 2. The van der Waals surface area contributed by atoms with Gasteiger partial charge in [0.15, 0.2) is 5.69 Å². The van der Waals surface area contributed by atoms with Crippen molar-refractivity contribution in [3.05, 3.63) is 52.8 Å². The number of nitrogens with zero attached hydrogens (tertiary/aromatic N) is 4. The Kier molecular flexibility index (Phi) is 5.57. The van der Waals surface area contributed by atoms with Crippen LogP contribution in [0.25, 0.3) is 0 Å². The van der Waals surface area contributed by atoms with Crippen molar-refractivity contribution in [2.24, 2.45) is 13.0 Å². The summed E-state index contributed by atoms with van der Waals surface area (Å²) in [5.74, 6) is -0.815. The Morgan fingerprint density at radius 2 is 2.00 bits per heavy atom. The number of hydrogen-bond donors (Lipinski definition) is 0. The van der Waals surface area contributed by atoms with Gasteiger partial charge in [-0.1, -0.05) is 30.3 Å². The summed E-state index contributed by atoms with van der Waals surface area (Å²) in [4.78, 5) is 41.5. The summed E-state index contributed by atoms with van der Waals surface area (Å²) < 4.78 is 6.70. The molecule has 1 aromatic carbocycles. The maximum absolute atomic E-state index is 13.2. The van der Waals surface area contributed by atoms with Crippen molar-refractivity contribution in [1.82, 2.24) is 19.6 Å². The zero-order chi connectivity index (χ0) is 21.3. The molecule has 3 heterocycles. The summed E-state index contributed by atoms with van der Waals surface area (Å²) in [7, 11) is 1.72. The van der Waals surface area contributed by atoms with E-state index in [1.165, 1.54) is 4.68 Å². The van der Waals surface area contributed by atoms with E-state index in [2.05, 4.69) is 5.10 Å². The molecule has 1 saturated heterocycles. The first-order valence-corrected chi connectivity index (χ1v) is 10.3. The van der Waals surface area contributed by atoms with E-state index in [0.29, 0.717) is 38.3 Å². The second-order valence-corrected chi connectivity index (χ2v) is 7.79. The smallest absolute Gasteiger partial charge is 0.356 e. The van der Waals surface area contributed by atoms with Crippen LogP contribution in [-0.4, -0.2) is 57.1 Å². The van der Waals surface area contributed by atoms with E-state index < -0.39 is 5.97 Å². The molecule has 0 N–H and O–H groups in total. The van der Waals surface area contributed by atoms with Crippen molar-refractivity contribution >= 4 is 17.8 Å². The predicted molar refractivity (Wildman–Crippen MR) is 108 cm³/mol. The van der Waals surface area contributed by atoms with Crippen LogP contribution in [0.5, 0.6) is 0 Å². The monoisotopic (exact) mass is 410 g/mol. The second-order valence-electron chi connectivity index (χ2n) is 7.79. The quantitative estimate of drug-likeness (QED) is 0.698. The minimum absolute atomic E-state index is 0.00323. The molecule has 1 unspecified atom stereocenters. The zero-order valence-electron chi connectivity index (χ0n) is 17.3. The standard InChI is InChI=1S/C22H26N4O4/c1-3-30-22(29)20-17-14-25(10-9-18(17)23-24(20)2)21(28)16-11-19(27)26(13-16)12-15-7-5-4-6-8-15/h4-8,16H,3,9-14H2,1-2H3. The van der Waals surface area contributed by atoms with Crippen molar-refractivity contribution in [2.45, 2.75) is 32.9 Å². The molecule has 30 heavy (non-hydrogen) atoms. The number of amides is 2. The SMILES string of the molecule is CCOC(=O)c1c2c(nn1C)CCN(C(=O)C1CC(=O)N(Cc3ccccc3)C1)C2. The highest BCUT2D eigenvalue weighted by atomic mass is 16.5. The van der Waals surface area contributed by atoms with Crippen molar-refractivity contribution < 1.29 is 19.1 Å². The maximum Gasteiger partial charge on any atom is 0.356 e. The molecule has 0 spiro atoms. The van der Waals surface area contributed by atoms with Gasteiger partial charge in [0.05, 0.1) is 18.2 Å². The van der Waals surface area contributed by atoms with Gasteiger partial charge in [0.1, 0.15) is 0 Å². The van der Waals surface area contributed by atoms with Crippen LogP contribution in [0.4, 0.5) is 0 Å². The van der Waals surface area contributed by atoms with Gasteiger partial charge in [-0.05, 0) is 12.5 Å². The number of likely N-dealkylation sites (tertiary alicyclic amines) is 1. The fourth-order valence-electron chi connectivity index (χ4n) is 4.30. The summed E-state index contributed by atoms with van der Waals surface area (Å²) in [6.45, 7) is 3.84. The molecule has 8 nitrogen and oxygen atoms in total. The fraction of sp³-hybridized carbons (Fsp3) is 0.455. The highest BCUT2D eigenvalue weighted by Gasteiger charge is 2.38. The molecule has 1 fully saturated rings. The lowest BCUT2D eigenvalue weighted by molar-refractivity contribution is -0.136. The Bertz CT molecular complexity index is 969. The predicted octanol–water partition coefficient (Wildman–Crippen LogP) is 1.53. The average molecular weight is 410 g/mol. The number of aryl methyl sites for hydroxylation is 1.